The van der Waals surface area contributed by atoms with Crippen LogP contribution in [0.4, 0.5) is 0 Å². The van der Waals surface area contributed by atoms with E-state index >= 15 is 0 Å². The number of nitrogens with zero attached hydrogens (tertiary/aromatic N) is 5. The summed E-state index contributed by atoms with van der Waals surface area (Å²) in [5.41, 5.74) is 12.0. The van der Waals surface area contributed by atoms with Crippen LogP contribution >= 0.6 is 0 Å². The van der Waals surface area contributed by atoms with Crippen molar-refractivity contribution < 1.29 is 0 Å². The molecule has 0 aliphatic rings. The standard InChI is InChI=1S/C50H37N5/c1-3-13-34(4-2)48-52-49(36-25-23-35(24-26-36)42-18-12-29-51-33-42)54-50(53-48)41-17-11-16-39(31-41)37-14-10-15-38(30-37)40-27-28-45-44-21-8-9-22-46(44)55(47(45)32-40)43-19-6-5-7-20-43/h3-12,14-34H,1-2,13H2. The molecule has 0 radical (unpaired) electrons. The van der Waals surface area contributed by atoms with Crippen molar-refractivity contribution in [2.75, 3.05) is 0 Å². The number of pyridine rings is 1. The summed E-state index contributed by atoms with van der Waals surface area (Å²) in [6.45, 7) is 8.05. The first kappa shape index (κ1) is 33.6. The van der Waals surface area contributed by atoms with Crippen LogP contribution in [0, 0.1) is 0 Å². The maximum Gasteiger partial charge on any atom is 0.163 e. The molecular weight excluding hydrogens is 671 g/mol. The summed E-state index contributed by atoms with van der Waals surface area (Å²) in [5, 5.41) is 2.48. The van der Waals surface area contributed by atoms with E-state index < -0.39 is 0 Å². The largest absolute Gasteiger partial charge is 0.309 e. The smallest absolute Gasteiger partial charge is 0.163 e. The van der Waals surface area contributed by atoms with Gasteiger partial charge < -0.3 is 4.57 Å². The van der Waals surface area contributed by atoms with Crippen molar-refractivity contribution in [2.24, 2.45) is 0 Å². The Morgan fingerprint density at radius 3 is 1.80 bits per heavy atom. The second-order valence-electron chi connectivity index (χ2n) is 13.6. The van der Waals surface area contributed by atoms with Crippen LogP contribution in [0.3, 0.4) is 0 Å². The van der Waals surface area contributed by atoms with Crippen molar-refractivity contribution in [3.8, 4) is 61.8 Å². The van der Waals surface area contributed by atoms with Crippen molar-refractivity contribution >= 4 is 21.8 Å². The highest BCUT2D eigenvalue weighted by atomic mass is 15.0. The highest BCUT2D eigenvalue weighted by molar-refractivity contribution is 6.10. The summed E-state index contributed by atoms with van der Waals surface area (Å²) >= 11 is 0. The fraction of sp³-hybridized carbons (Fsp3) is 0.0400. The molecule has 0 saturated heterocycles. The number of para-hydroxylation sites is 2. The average molecular weight is 708 g/mol. The lowest BCUT2D eigenvalue weighted by Gasteiger charge is -2.13. The first-order chi connectivity index (χ1) is 27.2. The minimum Gasteiger partial charge on any atom is -0.309 e. The fourth-order valence-corrected chi connectivity index (χ4v) is 7.37. The third kappa shape index (κ3) is 6.53. The third-order valence-electron chi connectivity index (χ3n) is 10.2. The summed E-state index contributed by atoms with van der Waals surface area (Å²) in [4.78, 5) is 19.3. The van der Waals surface area contributed by atoms with E-state index in [1.165, 1.54) is 21.8 Å². The van der Waals surface area contributed by atoms with Gasteiger partial charge in [-0.15, -0.1) is 13.2 Å². The normalized spacial score (nSPS) is 11.8. The van der Waals surface area contributed by atoms with Crippen molar-refractivity contribution in [1.82, 2.24) is 24.5 Å². The van der Waals surface area contributed by atoms with Gasteiger partial charge in [-0.1, -0.05) is 127 Å². The molecule has 0 spiro atoms. The Kier molecular flexibility index (Phi) is 8.94. The van der Waals surface area contributed by atoms with Gasteiger partial charge in [0.25, 0.3) is 0 Å². The van der Waals surface area contributed by atoms with Crippen molar-refractivity contribution in [1.29, 1.82) is 0 Å². The van der Waals surface area contributed by atoms with Gasteiger partial charge in [-0.2, -0.15) is 0 Å². The summed E-state index contributed by atoms with van der Waals surface area (Å²) in [7, 11) is 0. The van der Waals surface area contributed by atoms with E-state index in [1.54, 1.807) is 6.20 Å². The zero-order chi connectivity index (χ0) is 37.1. The van der Waals surface area contributed by atoms with Gasteiger partial charge in [-0.3, -0.25) is 4.98 Å². The van der Waals surface area contributed by atoms with E-state index in [1.807, 2.05) is 24.4 Å². The predicted octanol–water partition coefficient (Wildman–Crippen LogP) is 12.5. The number of rotatable bonds is 10. The predicted molar refractivity (Wildman–Crippen MR) is 227 cm³/mol. The second-order valence-corrected chi connectivity index (χ2v) is 13.6. The fourth-order valence-electron chi connectivity index (χ4n) is 7.37. The topological polar surface area (TPSA) is 56.5 Å². The van der Waals surface area contributed by atoms with Gasteiger partial charge >= 0.3 is 0 Å². The average Bonchev–Trinajstić information content (AvgIpc) is 3.60. The van der Waals surface area contributed by atoms with Crippen LogP contribution in [0.1, 0.15) is 18.2 Å². The van der Waals surface area contributed by atoms with Crippen LogP contribution in [-0.2, 0) is 0 Å². The van der Waals surface area contributed by atoms with E-state index in [-0.39, 0.29) is 5.92 Å². The molecule has 0 amide bonds. The van der Waals surface area contributed by atoms with Gasteiger partial charge in [0.05, 0.1) is 11.0 Å². The Morgan fingerprint density at radius 2 is 1.09 bits per heavy atom. The quantitative estimate of drug-likeness (QED) is 0.133. The molecule has 3 aromatic heterocycles. The molecule has 0 N–H and O–H groups in total. The number of benzene rings is 6. The molecule has 3 heterocycles. The molecule has 55 heavy (non-hydrogen) atoms. The molecule has 0 saturated carbocycles. The van der Waals surface area contributed by atoms with Crippen molar-refractivity contribution in [2.45, 2.75) is 12.3 Å². The van der Waals surface area contributed by atoms with E-state index in [2.05, 4.69) is 174 Å². The van der Waals surface area contributed by atoms with Gasteiger partial charge in [-0.25, -0.2) is 15.0 Å². The molecule has 5 heteroatoms. The van der Waals surface area contributed by atoms with Crippen molar-refractivity contribution in [3.05, 3.63) is 201 Å². The van der Waals surface area contributed by atoms with Gasteiger partial charge in [0.15, 0.2) is 11.6 Å². The maximum absolute atomic E-state index is 5.04. The molecule has 0 bridgehead atoms. The van der Waals surface area contributed by atoms with Gasteiger partial charge in [-0.05, 0) is 82.3 Å². The zero-order valence-corrected chi connectivity index (χ0v) is 30.3. The Labute approximate surface area is 320 Å². The van der Waals surface area contributed by atoms with Gasteiger partial charge in [0.2, 0.25) is 0 Å². The maximum atomic E-state index is 5.04. The minimum absolute atomic E-state index is 0.0922. The SMILES string of the molecule is C=CCC(C=C)c1nc(-c2ccc(-c3cccnc3)cc2)nc(-c2cccc(-c3cccc(-c4ccc5c6ccccc6n(-c6ccccc6)c5c4)c3)c2)n1. The molecule has 9 aromatic rings. The van der Waals surface area contributed by atoms with Crippen LogP contribution in [-0.4, -0.2) is 24.5 Å². The number of allylic oxidation sites excluding steroid dienone is 2. The first-order valence-electron chi connectivity index (χ1n) is 18.5. The first-order valence-corrected chi connectivity index (χ1v) is 18.5. The molecular formula is C50H37N5. The lowest BCUT2D eigenvalue weighted by molar-refractivity contribution is 0.772. The molecule has 262 valence electrons. The third-order valence-corrected chi connectivity index (χ3v) is 10.2. The van der Waals surface area contributed by atoms with Crippen molar-refractivity contribution in [3.63, 3.8) is 0 Å². The van der Waals surface area contributed by atoms with E-state index in [0.717, 1.165) is 50.2 Å². The second kappa shape index (κ2) is 14.6. The Balaban J connectivity index is 1.10. The molecule has 0 fully saturated rings. The van der Waals surface area contributed by atoms with Crippen LogP contribution in [0.25, 0.3) is 83.6 Å². The van der Waals surface area contributed by atoms with Crippen LogP contribution < -0.4 is 0 Å². The van der Waals surface area contributed by atoms with Crippen LogP contribution in [0.5, 0.6) is 0 Å². The van der Waals surface area contributed by atoms with E-state index in [4.69, 9.17) is 15.0 Å². The van der Waals surface area contributed by atoms with Gasteiger partial charge in [0, 0.05) is 45.9 Å². The summed E-state index contributed by atoms with van der Waals surface area (Å²) in [6, 6.07) is 55.5. The van der Waals surface area contributed by atoms with Crippen LogP contribution in [0.15, 0.2) is 195 Å². The Morgan fingerprint density at radius 1 is 0.491 bits per heavy atom. The van der Waals surface area contributed by atoms with Crippen LogP contribution in [0.2, 0.25) is 0 Å². The zero-order valence-electron chi connectivity index (χ0n) is 30.3. The number of fused-ring (bicyclic) bond motifs is 3. The molecule has 0 aliphatic heterocycles. The molecule has 0 aliphatic carbocycles. The lowest BCUT2D eigenvalue weighted by Crippen LogP contribution is -2.07. The summed E-state index contributed by atoms with van der Waals surface area (Å²) in [5.74, 6) is 1.81. The number of aromatic nitrogens is 5. The molecule has 1 unspecified atom stereocenters. The Hall–Kier alpha value is -7.24. The van der Waals surface area contributed by atoms with E-state index in [9.17, 15) is 0 Å². The molecule has 9 rings (SSSR count). The summed E-state index contributed by atoms with van der Waals surface area (Å²) < 4.78 is 2.36. The molecule has 6 aromatic carbocycles. The Bertz CT molecular complexity index is 2820. The van der Waals surface area contributed by atoms with Gasteiger partial charge in [0.1, 0.15) is 5.82 Å². The van der Waals surface area contributed by atoms with E-state index in [0.29, 0.717) is 23.9 Å². The molecule has 5 nitrogen and oxygen atoms in total. The number of hydrogen-bond acceptors (Lipinski definition) is 4. The number of hydrogen-bond donors (Lipinski definition) is 0. The monoisotopic (exact) mass is 707 g/mol. The summed E-state index contributed by atoms with van der Waals surface area (Å²) in [6.07, 6.45) is 8.09. The lowest BCUT2D eigenvalue weighted by atomic mass is 9.97. The highest BCUT2D eigenvalue weighted by Gasteiger charge is 2.17. The highest BCUT2D eigenvalue weighted by Crippen LogP contribution is 2.36. The molecule has 1 atom stereocenters. The minimum atomic E-state index is -0.0922.